The number of hydrogen-bond acceptors (Lipinski definition) is 0. The minimum absolute atomic E-state index is 0.355. The maximum Gasteiger partial charge on any atom is 0.0435 e. The number of alkyl halides is 1. The molecule has 0 nitrogen and oxygen atoms in total. The fourth-order valence-electron chi connectivity index (χ4n) is 2.55. The van der Waals surface area contributed by atoms with E-state index in [9.17, 15) is 0 Å². The van der Waals surface area contributed by atoms with Gasteiger partial charge >= 0.3 is 0 Å². The highest BCUT2D eigenvalue weighted by Gasteiger charge is 2.10. The third kappa shape index (κ3) is 2.78. The van der Waals surface area contributed by atoms with E-state index in [0.29, 0.717) is 4.83 Å². The summed E-state index contributed by atoms with van der Waals surface area (Å²) in [5.74, 6) is 0. The Bertz CT molecular complexity index is 730. The second-order valence-electron chi connectivity index (χ2n) is 5.20. The predicted molar refractivity (Wildman–Crippen MR) is 90.5 cm³/mol. The van der Waals surface area contributed by atoms with Gasteiger partial charge in [-0.2, -0.15) is 0 Å². The average Bonchev–Trinajstić information content (AvgIpc) is 2.49. The molecule has 0 aliphatic carbocycles. The van der Waals surface area contributed by atoms with Crippen molar-refractivity contribution in [3.63, 3.8) is 0 Å². The van der Waals surface area contributed by atoms with Gasteiger partial charge in [-0.25, -0.2) is 0 Å². The van der Waals surface area contributed by atoms with Crippen molar-refractivity contribution < 1.29 is 0 Å². The van der Waals surface area contributed by atoms with Crippen molar-refractivity contribution in [2.75, 3.05) is 0 Å². The number of rotatable bonds is 3. The summed E-state index contributed by atoms with van der Waals surface area (Å²) in [5, 5.41) is 2.60. The minimum Gasteiger partial charge on any atom is -0.0835 e. The van der Waals surface area contributed by atoms with E-state index in [1.165, 1.54) is 27.5 Å². The van der Waals surface area contributed by atoms with Crippen LogP contribution in [0.15, 0.2) is 66.7 Å². The maximum absolute atomic E-state index is 3.84. The first-order chi connectivity index (χ1) is 9.74. The first-order valence-corrected chi connectivity index (χ1v) is 7.83. The van der Waals surface area contributed by atoms with E-state index in [4.69, 9.17) is 0 Å². The van der Waals surface area contributed by atoms with Gasteiger partial charge in [-0.1, -0.05) is 82.7 Å². The van der Waals surface area contributed by atoms with Gasteiger partial charge in [-0.05, 0) is 40.8 Å². The van der Waals surface area contributed by atoms with Crippen molar-refractivity contribution in [1.29, 1.82) is 0 Å². The van der Waals surface area contributed by atoms with Crippen molar-refractivity contribution in [3.8, 4) is 0 Å². The van der Waals surface area contributed by atoms with Gasteiger partial charge in [0, 0.05) is 4.83 Å². The van der Waals surface area contributed by atoms with Crippen LogP contribution in [0.4, 0.5) is 0 Å². The molecule has 1 atom stereocenters. The van der Waals surface area contributed by atoms with E-state index in [2.05, 4.69) is 89.6 Å². The van der Waals surface area contributed by atoms with Crippen molar-refractivity contribution in [3.05, 3.63) is 83.4 Å². The lowest BCUT2D eigenvalue weighted by atomic mass is 9.99. The number of halogens is 1. The van der Waals surface area contributed by atoms with Crippen LogP contribution in [0.5, 0.6) is 0 Å². The van der Waals surface area contributed by atoms with Crippen molar-refractivity contribution >= 4 is 26.7 Å². The van der Waals surface area contributed by atoms with Gasteiger partial charge in [0.05, 0.1) is 0 Å². The predicted octanol–water partition coefficient (Wildman–Crippen LogP) is 5.83. The molecule has 0 N–H and O–H groups in total. The highest BCUT2D eigenvalue weighted by Crippen LogP contribution is 2.30. The third-order valence-electron chi connectivity index (χ3n) is 3.80. The molecule has 3 aromatic carbocycles. The van der Waals surface area contributed by atoms with Crippen LogP contribution in [0.3, 0.4) is 0 Å². The monoisotopic (exact) mass is 324 g/mol. The van der Waals surface area contributed by atoms with E-state index >= 15 is 0 Å². The van der Waals surface area contributed by atoms with Crippen LogP contribution >= 0.6 is 15.9 Å². The van der Waals surface area contributed by atoms with Crippen LogP contribution in [-0.4, -0.2) is 0 Å². The summed E-state index contributed by atoms with van der Waals surface area (Å²) in [4.78, 5) is 0.355. The molecule has 1 unspecified atom stereocenters. The summed E-state index contributed by atoms with van der Waals surface area (Å²) in [6.45, 7) is 2.18. The topological polar surface area (TPSA) is 0 Å². The average molecular weight is 325 g/mol. The van der Waals surface area contributed by atoms with E-state index in [1.54, 1.807) is 0 Å². The van der Waals surface area contributed by atoms with Gasteiger partial charge in [0.2, 0.25) is 0 Å². The molecule has 0 amide bonds. The molecule has 0 spiro atoms. The Morgan fingerprint density at radius 2 is 1.55 bits per heavy atom. The van der Waals surface area contributed by atoms with Gasteiger partial charge in [-0.3, -0.25) is 0 Å². The molecule has 3 aromatic rings. The van der Waals surface area contributed by atoms with Gasteiger partial charge in [0.25, 0.3) is 0 Å². The number of fused-ring (bicyclic) bond motifs is 1. The molecule has 0 radical (unpaired) electrons. The summed E-state index contributed by atoms with van der Waals surface area (Å²) in [5.41, 5.74) is 4.10. The fourth-order valence-corrected chi connectivity index (χ4v) is 3.19. The molecule has 0 saturated heterocycles. The fraction of sp³-hybridized carbons (Fsp3) is 0.158. The summed E-state index contributed by atoms with van der Waals surface area (Å²) < 4.78 is 0. The Hall–Kier alpha value is -1.60. The Balaban J connectivity index is 1.89. The number of hydrogen-bond donors (Lipinski definition) is 0. The molecule has 0 saturated carbocycles. The van der Waals surface area contributed by atoms with Gasteiger partial charge < -0.3 is 0 Å². The molecule has 0 bridgehead atoms. The lowest BCUT2D eigenvalue weighted by Gasteiger charge is -2.13. The highest BCUT2D eigenvalue weighted by atomic mass is 79.9. The molecule has 0 aromatic heterocycles. The number of benzene rings is 3. The molecule has 3 rings (SSSR count). The molecule has 0 fully saturated rings. The zero-order valence-corrected chi connectivity index (χ0v) is 13.1. The van der Waals surface area contributed by atoms with Crippen molar-refractivity contribution in [1.82, 2.24) is 0 Å². The largest absolute Gasteiger partial charge is 0.0835 e. The summed E-state index contributed by atoms with van der Waals surface area (Å²) in [6.07, 6.45) is 1.02. The van der Waals surface area contributed by atoms with Gasteiger partial charge in [0.1, 0.15) is 0 Å². The van der Waals surface area contributed by atoms with Crippen LogP contribution < -0.4 is 0 Å². The van der Waals surface area contributed by atoms with E-state index < -0.39 is 0 Å². The van der Waals surface area contributed by atoms with E-state index in [-0.39, 0.29) is 0 Å². The maximum atomic E-state index is 3.84. The Morgan fingerprint density at radius 1 is 0.850 bits per heavy atom. The summed E-state index contributed by atoms with van der Waals surface area (Å²) >= 11 is 3.84. The Labute approximate surface area is 128 Å². The van der Waals surface area contributed by atoms with Crippen LogP contribution in [0, 0.1) is 6.92 Å². The quantitative estimate of drug-likeness (QED) is 0.532. The van der Waals surface area contributed by atoms with Crippen molar-refractivity contribution in [2.45, 2.75) is 18.2 Å². The lowest BCUT2D eigenvalue weighted by Crippen LogP contribution is -1.97. The molecule has 0 heterocycles. The first kappa shape index (κ1) is 13.4. The molecule has 1 heteroatoms. The summed E-state index contributed by atoms with van der Waals surface area (Å²) in [6, 6.07) is 23.8. The van der Waals surface area contributed by atoms with E-state index in [1.807, 2.05) is 0 Å². The molecule has 0 aliphatic rings. The second-order valence-corrected chi connectivity index (χ2v) is 6.31. The molecule has 100 valence electrons. The summed E-state index contributed by atoms with van der Waals surface area (Å²) in [7, 11) is 0. The van der Waals surface area contributed by atoms with Crippen LogP contribution in [0.25, 0.3) is 10.8 Å². The second kappa shape index (κ2) is 5.80. The molecule has 20 heavy (non-hydrogen) atoms. The minimum atomic E-state index is 0.355. The van der Waals surface area contributed by atoms with E-state index in [0.717, 1.165) is 6.42 Å². The van der Waals surface area contributed by atoms with Crippen LogP contribution in [0.2, 0.25) is 0 Å². The zero-order valence-electron chi connectivity index (χ0n) is 11.5. The zero-order chi connectivity index (χ0) is 13.9. The number of aryl methyl sites for hydroxylation is 1. The highest BCUT2D eigenvalue weighted by molar-refractivity contribution is 9.09. The smallest absolute Gasteiger partial charge is 0.0435 e. The standard InChI is InChI=1S/C19H17Br/c1-14-6-2-3-8-16(14)13-19(20)18-11-10-15-7-4-5-9-17(15)12-18/h2-12,19H,13H2,1H3. The molecule has 0 aliphatic heterocycles. The van der Waals surface area contributed by atoms with Gasteiger partial charge in [0.15, 0.2) is 0 Å². The third-order valence-corrected chi connectivity index (χ3v) is 4.65. The molecular formula is C19H17Br. The van der Waals surface area contributed by atoms with Crippen molar-refractivity contribution in [2.24, 2.45) is 0 Å². The first-order valence-electron chi connectivity index (χ1n) is 6.91. The normalized spacial score (nSPS) is 12.5. The molecular weight excluding hydrogens is 308 g/mol. The van der Waals surface area contributed by atoms with Crippen LogP contribution in [0.1, 0.15) is 21.5 Å². The van der Waals surface area contributed by atoms with Gasteiger partial charge in [-0.15, -0.1) is 0 Å². The lowest BCUT2D eigenvalue weighted by molar-refractivity contribution is 0.940. The Kier molecular flexibility index (Phi) is 3.88. The Morgan fingerprint density at radius 3 is 2.35 bits per heavy atom. The SMILES string of the molecule is Cc1ccccc1CC(Br)c1ccc2ccccc2c1. The van der Waals surface area contributed by atoms with Crippen LogP contribution in [-0.2, 0) is 6.42 Å².